The predicted octanol–water partition coefficient (Wildman–Crippen LogP) is 0.820. The van der Waals surface area contributed by atoms with Crippen LogP contribution < -0.4 is 5.73 Å². The number of aliphatic imine (C=N–C) groups is 1. The Morgan fingerprint density at radius 2 is 2.06 bits per heavy atom. The number of hydrogen-bond donors (Lipinski definition) is 1. The van der Waals surface area contributed by atoms with Gasteiger partial charge in [0.15, 0.2) is 5.96 Å². The van der Waals surface area contributed by atoms with Gasteiger partial charge in [-0.2, -0.15) is 0 Å². The Morgan fingerprint density at radius 1 is 1.29 bits per heavy atom. The van der Waals surface area contributed by atoms with E-state index >= 15 is 0 Å². The van der Waals surface area contributed by atoms with Gasteiger partial charge in [-0.15, -0.1) is 24.0 Å². The molecule has 0 aliphatic carbocycles. The van der Waals surface area contributed by atoms with Crippen molar-refractivity contribution < 1.29 is 9.47 Å². The molecule has 17 heavy (non-hydrogen) atoms. The molecule has 2 aliphatic rings. The third-order valence-electron chi connectivity index (χ3n) is 3.08. The van der Waals surface area contributed by atoms with Gasteiger partial charge in [-0.05, 0) is 19.3 Å². The standard InChI is InChI=1S/C11H21N3O2.HI/c12-11(14-5-8-15-9-6-14)13-4-3-10-2-1-7-16-10;/h10H,1-9H2,(H2,12,13);1H. The summed E-state index contributed by atoms with van der Waals surface area (Å²) >= 11 is 0. The molecule has 0 bridgehead atoms. The summed E-state index contributed by atoms with van der Waals surface area (Å²) in [5.74, 6) is 0.654. The Morgan fingerprint density at radius 3 is 2.71 bits per heavy atom. The highest BCUT2D eigenvalue weighted by atomic mass is 127. The van der Waals surface area contributed by atoms with Gasteiger partial charge in [-0.3, -0.25) is 4.99 Å². The van der Waals surface area contributed by atoms with Crippen molar-refractivity contribution in [1.29, 1.82) is 0 Å². The molecule has 0 saturated carbocycles. The fourth-order valence-corrected chi connectivity index (χ4v) is 2.09. The van der Waals surface area contributed by atoms with E-state index in [0.29, 0.717) is 12.1 Å². The third-order valence-corrected chi connectivity index (χ3v) is 3.08. The molecule has 2 aliphatic heterocycles. The Balaban J connectivity index is 0.00000144. The van der Waals surface area contributed by atoms with Gasteiger partial charge >= 0.3 is 0 Å². The zero-order chi connectivity index (χ0) is 11.2. The monoisotopic (exact) mass is 355 g/mol. The van der Waals surface area contributed by atoms with E-state index in [9.17, 15) is 0 Å². The molecular formula is C11H22IN3O2. The van der Waals surface area contributed by atoms with Crippen LogP contribution in [0.15, 0.2) is 4.99 Å². The average Bonchev–Trinajstić information content (AvgIpc) is 2.83. The molecule has 0 radical (unpaired) electrons. The number of nitrogens with zero attached hydrogens (tertiary/aromatic N) is 2. The maximum absolute atomic E-state index is 5.91. The Kier molecular flexibility index (Phi) is 7.14. The van der Waals surface area contributed by atoms with Crippen LogP contribution in [0, 0.1) is 0 Å². The summed E-state index contributed by atoms with van der Waals surface area (Å²) in [6.07, 6.45) is 3.76. The van der Waals surface area contributed by atoms with Gasteiger partial charge in [0, 0.05) is 26.2 Å². The fraction of sp³-hybridized carbons (Fsp3) is 0.909. The maximum Gasteiger partial charge on any atom is 0.191 e. The van der Waals surface area contributed by atoms with Crippen LogP contribution in [0.25, 0.3) is 0 Å². The minimum atomic E-state index is 0. The third kappa shape index (κ3) is 4.97. The number of guanidine groups is 1. The Labute approximate surface area is 120 Å². The molecule has 0 aromatic carbocycles. The molecule has 2 N–H and O–H groups in total. The van der Waals surface area contributed by atoms with E-state index in [1.54, 1.807) is 0 Å². The highest BCUT2D eigenvalue weighted by Gasteiger charge is 2.15. The van der Waals surface area contributed by atoms with Gasteiger partial charge in [0.05, 0.1) is 19.3 Å². The van der Waals surface area contributed by atoms with Crippen molar-refractivity contribution in [3.63, 3.8) is 0 Å². The normalized spacial score (nSPS) is 25.8. The minimum Gasteiger partial charge on any atom is -0.378 e. The summed E-state index contributed by atoms with van der Waals surface area (Å²) in [5, 5.41) is 0. The zero-order valence-electron chi connectivity index (χ0n) is 10.1. The summed E-state index contributed by atoms with van der Waals surface area (Å²) in [6, 6.07) is 0. The second-order valence-electron chi connectivity index (χ2n) is 4.26. The lowest BCUT2D eigenvalue weighted by molar-refractivity contribution is 0.0673. The van der Waals surface area contributed by atoms with E-state index in [-0.39, 0.29) is 24.0 Å². The van der Waals surface area contributed by atoms with E-state index in [1.165, 1.54) is 12.8 Å². The van der Waals surface area contributed by atoms with Crippen LogP contribution in [0.3, 0.4) is 0 Å². The fourth-order valence-electron chi connectivity index (χ4n) is 2.09. The molecule has 100 valence electrons. The van der Waals surface area contributed by atoms with Crippen molar-refractivity contribution in [2.24, 2.45) is 10.7 Å². The number of ether oxygens (including phenoxy) is 2. The smallest absolute Gasteiger partial charge is 0.191 e. The maximum atomic E-state index is 5.91. The first-order chi connectivity index (χ1) is 7.86. The van der Waals surface area contributed by atoms with Crippen LogP contribution in [0.1, 0.15) is 19.3 Å². The van der Waals surface area contributed by atoms with Crippen molar-refractivity contribution in [2.45, 2.75) is 25.4 Å². The summed E-state index contributed by atoms with van der Waals surface area (Å²) in [5.41, 5.74) is 5.91. The van der Waals surface area contributed by atoms with Crippen molar-refractivity contribution in [3.05, 3.63) is 0 Å². The van der Waals surface area contributed by atoms with Crippen molar-refractivity contribution >= 4 is 29.9 Å². The minimum absolute atomic E-state index is 0. The molecule has 2 heterocycles. The topological polar surface area (TPSA) is 60.1 Å². The van der Waals surface area contributed by atoms with Crippen LogP contribution in [-0.4, -0.2) is 56.4 Å². The first kappa shape index (κ1) is 15.0. The Hall–Kier alpha value is -0.0800. The van der Waals surface area contributed by atoms with Crippen LogP contribution in [0.4, 0.5) is 0 Å². The number of halogens is 1. The predicted molar refractivity (Wildman–Crippen MR) is 77.9 cm³/mol. The van der Waals surface area contributed by atoms with Crippen molar-refractivity contribution in [2.75, 3.05) is 39.5 Å². The van der Waals surface area contributed by atoms with Crippen LogP contribution in [0.5, 0.6) is 0 Å². The van der Waals surface area contributed by atoms with E-state index in [4.69, 9.17) is 15.2 Å². The molecule has 2 saturated heterocycles. The highest BCUT2D eigenvalue weighted by Crippen LogP contribution is 2.14. The molecule has 0 aromatic heterocycles. The quantitative estimate of drug-likeness (QED) is 0.463. The molecule has 0 spiro atoms. The number of morpholine rings is 1. The highest BCUT2D eigenvalue weighted by molar-refractivity contribution is 14.0. The van der Waals surface area contributed by atoms with Gasteiger partial charge in [-0.25, -0.2) is 0 Å². The first-order valence-corrected chi connectivity index (χ1v) is 6.10. The molecule has 1 unspecified atom stereocenters. The molecule has 1 atom stereocenters. The molecule has 6 heteroatoms. The van der Waals surface area contributed by atoms with Gasteiger partial charge in [0.2, 0.25) is 0 Å². The lowest BCUT2D eigenvalue weighted by Gasteiger charge is -2.27. The van der Waals surface area contributed by atoms with Crippen molar-refractivity contribution in [1.82, 2.24) is 4.90 Å². The van der Waals surface area contributed by atoms with Crippen molar-refractivity contribution in [3.8, 4) is 0 Å². The van der Waals surface area contributed by atoms with Crippen LogP contribution in [-0.2, 0) is 9.47 Å². The van der Waals surface area contributed by atoms with Crippen LogP contribution >= 0.6 is 24.0 Å². The Bertz CT molecular complexity index is 239. The molecule has 2 fully saturated rings. The summed E-state index contributed by atoms with van der Waals surface area (Å²) in [7, 11) is 0. The van der Waals surface area contributed by atoms with E-state index < -0.39 is 0 Å². The van der Waals surface area contributed by atoms with E-state index in [2.05, 4.69) is 9.89 Å². The summed E-state index contributed by atoms with van der Waals surface area (Å²) in [6.45, 7) is 4.90. The first-order valence-electron chi connectivity index (χ1n) is 6.10. The molecule has 2 rings (SSSR count). The van der Waals surface area contributed by atoms with E-state index in [1.807, 2.05) is 0 Å². The number of hydrogen-bond acceptors (Lipinski definition) is 3. The second-order valence-corrected chi connectivity index (χ2v) is 4.26. The van der Waals surface area contributed by atoms with Gasteiger partial charge in [0.25, 0.3) is 0 Å². The lowest BCUT2D eigenvalue weighted by atomic mass is 10.2. The second kappa shape index (κ2) is 8.10. The van der Waals surface area contributed by atoms with Gasteiger partial charge < -0.3 is 20.1 Å². The van der Waals surface area contributed by atoms with E-state index in [0.717, 1.165) is 45.9 Å². The number of rotatable bonds is 3. The van der Waals surface area contributed by atoms with Gasteiger partial charge in [-0.1, -0.05) is 0 Å². The molecular weight excluding hydrogens is 333 g/mol. The van der Waals surface area contributed by atoms with Gasteiger partial charge in [0.1, 0.15) is 0 Å². The zero-order valence-corrected chi connectivity index (χ0v) is 12.5. The summed E-state index contributed by atoms with van der Waals surface area (Å²) < 4.78 is 10.8. The van der Waals surface area contributed by atoms with Crippen LogP contribution in [0.2, 0.25) is 0 Å². The SMILES string of the molecule is I.NC(=NCCC1CCCO1)N1CCOCC1. The number of nitrogens with two attached hydrogens (primary N) is 1. The molecule has 0 amide bonds. The molecule has 5 nitrogen and oxygen atoms in total. The largest absolute Gasteiger partial charge is 0.378 e. The molecule has 0 aromatic rings. The average molecular weight is 355 g/mol. The lowest BCUT2D eigenvalue weighted by Crippen LogP contribution is -2.44. The summed E-state index contributed by atoms with van der Waals surface area (Å²) in [4.78, 5) is 6.48.